The predicted octanol–water partition coefficient (Wildman–Crippen LogP) is -0.0463. The van der Waals surface area contributed by atoms with E-state index in [1.165, 1.54) is 11.1 Å². The van der Waals surface area contributed by atoms with Crippen molar-refractivity contribution in [2.75, 3.05) is 27.2 Å². The largest absolute Gasteiger partial charge is 0.477 e. The van der Waals surface area contributed by atoms with Crippen LogP contribution in [0.5, 0.6) is 0 Å². The van der Waals surface area contributed by atoms with Crippen LogP contribution in [0.1, 0.15) is 11.1 Å². The van der Waals surface area contributed by atoms with E-state index in [4.69, 9.17) is 10.2 Å². The molecule has 0 saturated heterocycles. The molecular weight excluding hydrogens is 356 g/mol. The first-order chi connectivity index (χ1) is 11.3. The number of carboxylic acid groups (broad SMARTS) is 2. The van der Waals surface area contributed by atoms with Crippen LogP contribution >= 0.6 is 0 Å². The third kappa shape index (κ3) is 27.4. The number of likely N-dealkylation sites (N-methyl/N-ethyl adjacent to an activating group) is 2. The average molecular weight is 386 g/mol. The summed E-state index contributed by atoms with van der Waals surface area (Å²) in [5, 5.41) is 19.0. The topological polar surface area (TPSA) is 108 Å². The Labute approximate surface area is 164 Å². The number of hydrogen-bond acceptors (Lipinski definition) is 2. The van der Waals surface area contributed by atoms with E-state index in [0.717, 1.165) is 0 Å². The minimum atomic E-state index is -0.766. The van der Waals surface area contributed by atoms with Crippen molar-refractivity contribution in [3.05, 3.63) is 59.7 Å². The SMILES string of the molecule is C[NH2+]CC(=O)O.C[NH2+]CC(=O)O.C[c-]1cccc1.C[c-]1cccc1.[Ti]. The maximum absolute atomic E-state index is 9.57. The summed E-state index contributed by atoms with van der Waals surface area (Å²) < 4.78 is 0. The zero-order valence-corrected chi connectivity index (χ0v) is 17.0. The maximum Gasteiger partial charge on any atom is 0.359 e. The van der Waals surface area contributed by atoms with E-state index in [9.17, 15) is 9.59 Å². The van der Waals surface area contributed by atoms with Gasteiger partial charge >= 0.3 is 11.9 Å². The fraction of sp³-hybridized carbons (Fsp3) is 0.333. The molecule has 0 fully saturated rings. The number of aliphatic carboxylic acids is 2. The molecule has 0 heterocycles. The third-order valence-corrected chi connectivity index (χ3v) is 2.42. The summed E-state index contributed by atoms with van der Waals surface area (Å²) in [6.45, 7) is 4.50. The van der Waals surface area contributed by atoms with Crippen LogP contribution in [0.15, 0.2) is 48.5 Å². The van der Waals surface area contributed by atoms with Gasteiger partial charge in [-0.25, -0.2) is 33.9 Å². The van der Waals surface area contributed by atoms with Crippen LogP contribution in [0.25, 0.3) is 0 Å². The monoisotopic (exact) mass is 386 g/mol. The number of rotatable bonds is 4. The summed E-state index contributed by atoms with van der Waals surface area (Å²) in [6, 6.07) is 16.5. The summed E-state index contributed by atoms with van der Waals surface area (Å²) in [7, 11) is 3.43. The van der Waals surface area contributed by atoms with Gasteiger partial charge in [-0.1, -0.05) is 13.8 Å². The van der Waals surface area contributed by atoms with Gasteiger partial charge in [0.1, 0.15) is 0 Å². The van der Waals surface area contributed by atoms with E-state index >= 15 is 0 Å². The fourth-order valence-electron chi connectivity index (χ4n) is 1.29. The number of quaternary nitrogens is 2. The molecule has 0 radical (unpaired) electrons. The van der Waals surface area contributed by atoms with E-state index in [0.29, 0.717) is 0 Å². The van der Waals surface area contributed by atoms with Crippen molar-refractivity contribution in [2.24, 2.45) is 0 Å². The molecular formula is C18H30N2O4Ti. The Kier molecular flexibility index (Phi) is 22.8. The molecule has 2 aromatic rings. The normalized spacial score (nSPS) is 8.16. The Hall–Kier alpha value is -1.73. The van der Waals surface area contributed by atoms with Crippen LogP contribution in [0, 0.1) is 13.8 Å². The molecule has 0 atom stereocenters. The van der Waals surface area contributed by atoms with Gasteiger partial charge in [-0.3, -0.25) is 0 Å². The number of nitrogens with two attached hydrogens (primary N) is 2. The van der Waals surface area contributed by atoms with Gasteiger partial charge in [0.25, 0.3) is 0 Å². The Morgan fingerprint density at radius 1 is 0.760 bits per heavy atom. The molecule has 25 heavy (non-hydrogen) atoms. The summed E-state index contributed by atoms with van der Waals surface area (Å²) in [4.78, 5) is 19.1. The van der Waals surface area contributed by atoms with Gasteiger partial charge in [-0.05, 0) is 0 Å². The van der Waals surface area contributed by atoms with Gasteiger partial charge in [0.2, 0.25) is 0 Å². The second-order valence-electron chi connectivity index (χ2n) is 4.94. The first kappa shape index (κ1) is 28.1. The van der Waals surface area contributed by atoms with Crippen molar-refractivity contribution in [3.63, 3.8) is 0 Å². The van der Waals surface area contributed by atoms with Gasteiger partial charge < -0.3 is 20.8 Å². The van der Waals surface area contributed by atoms with Crippen molar-refractivity contribution in [2.45, 2.75) is 13.8 Å². The molecule has 140 valence electrons. The van der Waals surface area contributed by atoms with Crippen LogP contribution in [0.4, 0.5) is 0 Å². The van der Waals surface area contributed by atoms with Crippen molar-refractivity contribution in [3.8, 4) is 0 Å². The number of carboxylic acids is 2. The number of carbonyl (C=O) groups is 2. The van der Waals surface area contributed by atoms with Crippen molar-refractivity contribution in [1.82, 2.24) is 0 Å². The van der Waals surface area contributed by atoms with Crippen LogP contribution in [0.3, 0.4) is 0 Å². The van der Waals surface area contributed by atoms with E-state index in [1.807, 2.05) is 24.3 Å². The smallest absolute Gasteiger partial charge is 0.359 e. The molecule has 0 amide bonds. The second kappa shape index (κ2) is 20.3. The van der Waals surface area contributed by atoms with E-state index < -0.39 is 11.9 Å². The molecule has 0 unspecified atom stereocenters. The molecule has 2 rings (SSSR count). The fourth-order valence-corrected chi connectivity index (χ4v) is 1.29. The quantitative estimate of drug-likeness (QED) is 0.437. The first-order valence-corrected chi connectivity index (χ1v) is 7.69. The second-order valence-corrected chi connectivity index (χ2v) is 4.94. The van der Waals surface area contributed by atoms with Gasteiger partial charge in [0.15, 0.2) is 13.1 Å². The van der Waals surface area contributed by atoms with Crippen LogP contribution in [-0.4, -0.2) is 49.3 Å². The van der Waals surface area contributed by atoms with Crippen LogP contribution in [0.2, 0.25) is 0 Å². The summed E-state index contributed by atoms with van der Waals surface area (Å²) in [5.74, 6) is -1.53. The number of aryl methyl sites for hydroxylation is 2. The first-order valence-electron chi connectivity index (χ1n) is 7.69. The molecule has 0 spiro atoms. The standard InChI is InChI=1S/2C6H7.2C3H7NO2.Ti/c2*1-6-4-2-3-5-6;2*1-4-2-3(5)6;/h2*2-5H,1H3;2*4H,2H2,1H3,(H,5,6);/q2*-1;;;/p+2. The molecule has 0 bridgehead atoms. The molecule has 6 nitrogen and oxygen atoms in total. The van der Waals surface area contributed by atoms with Crippen LogP contribution < -0.4 is 10.6 Å². The summed E-state index contributed by atoms with van der Waals surface area (Å²) in [5.41, 5.74) is 2.69. The Bertz CT molecular complexity index is 463. The Morgan fingerprint density at radius 3 is 1.04 bits per heavy atom. The molecule has 0 aromatic heterocycles. The van der Waals surface area contributed by atoms with E-state index in [-0.39, 0.29) is 34.8 Å². The average Bonchev–Trinajstić information content (AvgIpc) is 3.14. The number of hydrogen-bond donors (Lipinski definition) is 4. The molecule has 6 N–H and O–H groups in total. The molecule has 7 heteroatoms. The molecule has 0 aliphatic carbocycles. The van der Waals surface area contributed by atoms with Crippen LogP contribution in [-0.2, 0) is 31.3 Å². The van der Waals surface area contributed by atoms with E-state index in [2.05, 4.69) is 38.1 Å². The minimum Gasteiger partial charge on any atom is -0.477 e. The molecule has 2 aromatic carbocycles. The van der Waals surface area contributed by atoms with Gasteiger partial charge in [0, 0.05) is 21.7 Å². The third-order valence-electron chi connectivity index (χ3n) is 2.42. The van der Waals surface area contributed by atoms with Crippen molar-refractivity contribution >= 4 is 11.9 Å². The minimum absolute atomic E-state index is 0. The summed E-state index contributed by atoms with van der Waals surface area (Å²) in [6.07, 6.45) is 0. The Morgan fingerprint density at radius 2 is 1.00 bits per heavy atom. The molecule has 0 saturated carbocycles. The summed E-state index contributed by atoms with van der Waals surface area (Å²) >= 11 is 0. The van der Waals surface area contributed by atoms with Crippen molar-refractivity contribution in [1.29, 1.82) is 0 Å². The maximum atomic E-state index is 9.57. The van der Waals surface area contributed by atoms with Gasteiger partial charge in [-0.15, -0.1) is 0 Å². The zero-order valence-electron chi connectivity index (χ0n) is 15.4. The van der Waals surface area contributed by atoms with Crippen molar-refractivity contribution < 1.29 is 52.2 Å². The Balaban J connectivity index is -0.000000255. The van der Waals surface area contributed by atoms with Gasteiger partial charge in [0.05, 0.1) is 14.1 Å². The van der Waals surface area contributed by atoms with E-state index in [1.54, 1.807) is 24.7 Å². The molecule has 0 aliphatic rings. The van der Waals surface area contributed by atoms with Gasteiger partial charge in [-0.2, -0.15) is 35.4 Å². The molecule has 0 aliphatic heterocycles. The predicted molar refractivity (Wildman–Crippen MR) is 94.2 cm³/mol. The zero-order chi connectivity index (χ0) is 18.8.